The summed E-state index contributed by atoms with van der Waals surface area (Å²) in [6, 6.07) is 0. The van der Waals surface area contributed by atoms with Crippen molar-refractivity contribution in [2.75, 3.05) is 7.05 Å². The molecule has 0 aromatic carbocycles. The Kier molecular flexibility index (Phi) is 4.47. The molecule has 60 valence electrons. The summed E-state index contributed by atoms with van der Waals surface area (Å²) in [7, 11) is 1.61. The van der Waals surface area contributed by atoms with E-state index in [9.17, 15) is 0 Å². The van der Waals surface area contributed by atoms with Crippen LogP contribution in [0.2, 0.25) is 0 Å². The van der Waals surface area contributed by atoms with E-state index >= 15 is 0 Å². The van der Waals surface area contributed by atoms with Gasteiger partial charge < -0.3 is 16.9 Å². The second-order valence-corrected chi connectivity index (χ2v) is 1.80. The first kappa shape index (κ1) is 9.42. The molecule has 0 fully saturated rings. The number of aliphatic imine (C=N–C) groups is 1. The lowest BCUT2D eigenvalue weighted by Crippen LogP contribution is -2.02. The number of hydrogen-bond acceptors (Lipinski definition) is 4. The molecule has 0 saturated heterocycles. The van der Waals surface area contributed by atoms with Gasteiger partial charge in [0.25, 0.3) is 0 Å². The van der Waals surface area contributed by atoms with Crippen LogP contribution in [-0.2, 0) is 0 Å². The van der Waals surface area contributed by atoms with Gasteiger partial charge in [-0.3, -0.25) is 4.99 Å². The molecule has 4 nitrogen and oxygen atoms in total. The molecule has 0 unspecified atom stereocenters. The smallest absolute Gasteiger partial charge is 0.0432 e. The van der Waals surface area contributed by atoms with E-state index in [0.717, 1.165) is 6.21 Å². The maximum absolute atomic E-state index is 6.94. The predicted molar refractivity (Wildman–Crippen MR) is 47.7 cm³/mol. The zero-order valence-corrected chi connectivity index (χ0v) is 6.41. The number of nitrogens with zero attached hydrogens (tertiary/aromatic N) is 1. The van der Waals surface area contributed by atoms with E-state index in [1.54, 1.807) is 7.05 Å². The van der Waals surface area contributed by atoms with E-state index in [1.807, 2.05) is 0 Å². The molecule has 0 aliphatic rings. The van der Waals surface area contributed by atoms with Gasteiger partial charge in [-0.25, -0.2) is 0 Å². The fourth-order valence-corrected chi connectivity index (χ4v) is 0.534. The number of rotatable bonds is 3. The highest BCUT2D eigenvalue weighted by Gasteiger charge is 1.91. The Morgan fingerprint density at radius 3 is 2.55 bits per heavy atom. The van der Waals surface area contributed by atoms with E-state index in [-0.39, 0.29) is 0 Å². The van der Waals surface area contributed by atoms with Crippen LogP contribution in [0, 0.1) is 5.41 Å². The van der Waals surface area contributed by atoms with E-state index in [4.69, 9.17) is 16.9 Å². The Labute approximate surface area is 65.8 Å². The van der Waals surface area contributed by atoms with Crippen LogP contribution in [0.25, 0.3) is 0 Å². The van der Waals surface area contributed by atoms with Gasteiger partial charge in [-0.2, -0.15) is 0 Å². The molecule has 0 bridgehead atoms. The van der Waals surface area contributed by atoms with E-state index in [1.165, 1.54) is 18.5 Å². The molecule has 0 atom stereocenters. The van der Waals surface area contributed by atoms with Gasteiger partial charge in [0.2, 0.25) is 0 Å². The van der Waals surface area contributed by atoms with E-state index in [2.05, 4.69) is 4.99 Å². The van der Waals surface area contributed by atoms with Gasteiger partial charge in [0.05, 0.1) is 0 Å². The molecule has 0 heterocycles. The Morgan fingerprint density at radius 1 is 1.55 bits per heavy atom. The maximum atomic E-state index is 6.94. The highest BCUT2D eigenvalue weighted by Crippen LogP contribution is 1.93. The zero-order valence-electron chi connectivity index (χ0n) is 6.41. The molecule has 5 N–H and O–H groups in total. The largest absolute Gasteiger partial charge is 0.405 e. The normalized spacial score (nSPS) is 13.9. The fraction of sp³-hybridized carbons (Fsp3) is 0.143. The minimum Gasteiger partial charge on any atom is -0.405 e. The summed E-state index contributed by atoms with van der Waals surface area (Å²) in [5.41, 5.74) is 11.6. The van der Waals surface area contributed by atoms with Crippen molar-refractivity contribution >= 4 is 12.4 Å². The molecular weight excluding hydrogens is 140 g/mol. The van der Waals surface area contributed by atoms with Crippen LogP contribution < -0.4 is 11.5 Å². The standard InChI is InChI=1S/C7H12N4/c1-11-5-6(4-9)7(10)2-3-8/h2-5,9H,8,10H2,1H3. The minimum absolute atomic E-state index is 0.438. The maximum Gasteiger partial charge on any atom is 0.0432 e. The molecule has 4 heteroatoms. The van der Waals surface area contributed by atoms with Crippen LogP contribution in [-0.4, -0.2) is 19.5 Å². The number of hydrogen-bond donors (Lipinski definition) is 3. The Balaban J connectivity index is 4.66. The summed E-state index contributed by atoms with van der Waals surface area (Å²) >= 11 is 0. The summed E-state index contributed by atoms with van der Waals surface area (Å²) < 4.78 is 0. The van der Waals surface area contributed by atoms with Gasteiger partial charge in [-0.1, -0.05) is 0 Å². The van der Waals surface area contributed by atoms with Crippen LogP contribution >= 0.6 is 0 Å². The summed E-state index contributed by atoms with van der Waals surface area (Å²) in [4.78, 5) is 3.72. The minimum atomic E-state index is 0.438. The Morgan fingerprint density at radius 2 is 2.18 bits per heavy atom. The fourth-order valence-electron chi connectivity index (χ4n) is 0.534. The molecule has 0 spiro atoms. The molecule has 0 aliphatic heterocycles. The average Bonchev–Trinajstić information content (AvgIpc) is 2.00. The first-order chi connectivity index (χ1) is 5.26. The Bertz CT molecular complexity index is 212. The van der Waals surface area contributed by atoms with E-state index < -0.39 is 0 Å². The average molecular weight is 152 g/mol. The van der Waals surface area contributed by atoms with Crippen molar-refractivity contribution in [3.63, 3.8) is 0 Å². The van der Waals surface area contributed by atoms with Crippen molar-refractivity contribution in [2.45, 2.75) is 0 Å². The van der Waals surface area contributed by atoms with E-state index in [0.29, 0.717) is 11.3 Å². The number of allylic oxidation sites excluding steroid dienone is 2. The highest BCUT2D eigenvalue weighted by molar-refractivity contribution is 6.04. The van der Waals surface area contributed by atoms with Gasteiger partial charge in [-0.05, 0) is 12.3 Å². The lowest BCUT2D eigenvalue weighted by atomic mass is 10.2. The van der Waals surface area contributed by atoms with Crippen LogP contribution in [0.1, 0.15) is 0 Å². The molecule has 0 radical (unpaired) electrons. The summed E-state index contributed by atoms with van der Waals surface area (Å²) in [5, 5.41) is 6.94. The molecule has 0 rings (SSSR count). The molecule has 0 aromatic rings. The first-order valence-electron chi connectivity index (χ1n) is 3.07. The van der Waals surface area contributed by atoms with Gasteiger partial charge in [0, 0.05) is 30.7 Å². The van der Waals surface area contributed by atoms with Gasteiger partial charge in [0.15, 0.2) is 0 Å². The lowest BCUT2D eigenvalue weighted by molar-refractivity contribution is 1.38. The molecule has 0 aromatic heterocycles. The van der Waals surface area contributed by atoms with Crippen LogP contribution in [0.4, 0.5) is 0 Å². The van der Waals surface area contributed by atoms with Crippen molar-refractivity contribution in [1.29, 1.82) is 5.41 Å². The quantitative estimate of drug-likeness (QED) is 0.393. The third kappa shape index (κ3) is 3.20. The summed E-state index contributed by atoms with van der Waals surface area (Å²) in [6.07, 6.45) is 5.47. The Hall–Kier alpha value is -1.58. The van der Waals surface area contributed by atoms with Crippen LogP contribution in [0.3, 0.4) is 0 Å². The van der Waals surface area contributed by atoms with Crippen molar-refractivity contribution in [3.8, 4) is 0 Å². The first-order valence-corrected chi connectivity index (χ1v) is 3.07. The monoisotopic (exact) mass is 152 g/mol. The second kappa shape index (κ2) is 5.22. The lowest BCUT2D eigenvalue weighted by Gasteiger charge is -1.94. The SMILES string of the molecule is CN=CC(C=N)=C(N)C=CN. The molecular formula is C7H12N4. The van der Waals surface area contributed by atoms with Crippen molar-refractivity contribution in [3.05, 3.63) is 23.5 Å². The topological polar surface area (TPSA) is 88.2 Å². The predicted octanol–water partition coefficient (Wildman–Crippen LogP) is 0.0218. The van der Waals surface area contributed by atoms with Crippen molar-refractivity contribution in [1.82, 2.24) is 0 Å². The third-order valence-electron chi connectivity index (χ3n) is 1.03. The molecule has 0 saturated carbocycles. The molecule has 0 amide bonds. The van der Waals surface area contributed by atoms with Crippen LogP contribution in [0.5, 0.6) is 0 Å². The zero-order chi connectivity index (χ0) is 8.69. The molecule has 11 heavy (non-hydrogen) atoms. The second-order valence-electron chi connectivity index (χ2n) is 1.80. The summed E-state index contributed by atoms with van der Waals surface area (Å²) in [5.74, 6) is 0. The van der Waals surface area contributed by atoms with Crippen LogP contribution in [0.15, 0.2) is 28.5 Å². The van der Waals surface area contributed by atoms with Crippen molar-refractivity contribution in [2.24, 2.45) is 16.5 Å². The van der Waals surface area contributed by atoms with Gasteiger partial charge in [0.1, 0.15) is 0 Å². The van der Waals surface area contributed by atoms with Crippen molar-refractivity contribution < 1.29 is 0 Å². The highest BCUT2D eigenvalue weighted by atomic mass is 14.7. The third-order valence-corrected chi connectivity index (χ3v) is 1.03. The number of nitrogens with one attached hydrogen (secondary N) is 1. The van der Waals surface area contributed by atoms with Gasteiger partial charge >= 0.3 is 0 Å². The van der Waals surface area contributed by atoms with Gasteiger partial charge in [-0.15, -0.1) is 0 Å². The summed E-state index contributed by atoms with van der Waals surface area (Å²) in [6.45, 7) is 0. The number of nitrogens with two attached hydrogens (primary N) is 2. The molecule has 0 aliphatic carbocycles.